The predicted molar refractivity (Wildman–Crippen MR) is 79.2 cm³/mol. The van der Waals surface area contributed by atoms with Gasteiger partial charge in [-0.25, -0.2) is 4.79 Å². The summed E-state index contributed by atoms with van der Waals surface area (Å²) < 4.78 is 5.14. The van der Waals surface area contributed by atoms with Crippen LogP contribution < -0.4 is 4.74 Å². The van der Waals surface area contributed by atoms with E-state index in [1.807, 2.05) is 19.1 Å². The van der Waals surface area contributed by atoms with Gasteiger partial charge in [0.25, 0.3) is 0 Å². The van der Waals surface area contributed by atoms with Crippen LogP contribution in [0.25, 0.3) is 0 Å². The van der Waals surface area contributed by atoms with Crippen LogP contribution in [0.5, 0.6) is 5.75 Å². The number of ether oxygens (including phenoxy) is 1. The number of aryl methyl sites for hydroxylation is 1. The van der Waals surface area contributed by atoms with E-state index in [-0.39, 0.29) is 17.1 Å². The van der Waals surface area contributed by atoms with Crippen LogP contribution in [0.2, 0.25) is 5.02 Å². The van der Waals surface area contributed by atoms with Crippen molar-refractivity contribution in [3.05, 3.63) is 64.2 Å². The normalized spacial score (nSPS) is 10.2. The van der Waals surface area contributed by atoms with Gasteiger partial charge in [-0.15, -0.1) is 0 Å². The lowest BCUT2D eigenvalue weighted by atomic mass is 10.0. The molecule has 2 aromatic rings. The average molecular weight is 305 g/mol. The van der Waals surface area contributed by atoms with Crippen molar-refractivity contribution >= 4 is 23.4 Å². The van der Waals surface area contributed by atoms with Gasteiger partial charge in [0, 0.05) is 10.6 Å². The molecule has 0 bridgehead atoms. The standard InChI is InChI=1S/C16H13ClO4/c1-10-2-4-11(5-3-10)16(20)13-8-12(17)6-7-14(13)21-9-15(18)19/h2-8H,9H2,1H3,(H,18,19). The van der Waals surface area contributed by atoms with Crippen LogP contribution in [0, 0.1) is 6.92 Å². The maximum absolute atomic E-state index is 12.5. The smallest absolute Gasteiger partial charge is 0.341 e. The summed E-state index contributed by atoms with van der Waals surface area (Å²) >= 11 is 5.91. The molecule has 0 aromatic heterocycles. The minimum atomic E-state index is -1.11. The van der Waals surface area contributed by atoms with Crippen molar-refractivity contribution in [2.24, 2.45) is 0 Å². The van der Waals surface area contributed by atoms with E-state index in [0.717, 1.165) is 5.56 Å². The number of carbonyl (C=O) groups excluding carboxylic acids is 1. The van der Waals surface area contributed by atoms with Crippen LogP contribution in [0.15, 0.2) is 42.5 Å². The molecule has 0 heterocycles. The zero-order valence-corrected chi connectivity index (χ0v) is 12.1. The van der Waals surface area contributed by atoms with Gasteiger partial charge in [-0.2, -0.15) is 0 Å². The second-order valence-corrected chi connectivity index (χ2v) is 4.95. The highest BCUT2D eigenvalue weighted by molar-refractivity contribution is 6.31. The fraction of sp³-hybridized carbons (Fsp3) is 0.125. The summed E-state index contributed by atoms with van der Waals surface area (Å²) in [5, 5.41) is 9.05. The van der Waals surface area contributed by atoms with Crippen molar-refractivity contribution in [2.45, 2.75) is 6.92 Å². The van der Waals surface area contributed by atoms with E-state index in [1.54, 1.807) is 18.2 Å². The van der Waals surface area contributed by atoms with E-state index in [4.69, 9.17) is 21.4 Å². The molecule has 0 aliphatic heterocycles. The number of hydrogen-bond donors (Lipinski definition) is 1. The Hall–Kier alpha value is -2.33. The topological polar surface area (TPSA) is 63.6 Å². The van der Waals surface area contributed by atoms with Crippen molar-refractivity contribution in [3.8, 4) is 5.75 Å². The molecule has 1 N–H and O–H groups in total. The molecular formula is C16H13ClO4. The highest BCUT2D eigenvalue weighted by Gasteiger charge is 2.16. The van der Waals surface area contributed by atoms with Gasteiger partial charge in [0.05, 0.1) is 5.56 Å². The molecular weight excluding hydrogens is 292 g/mol. The van der Waals surface area contributed by atoms with Crippen LogP contribution in [-0.2, 0) is 4.79 Å². The van der Waals surface area contributed by atoms with Gasteiger partial charge in [-0.1, -0.05) is 41.4 Å². The number of halogens is 1. The van der Waals surface area contributed by atoms with Crippen molar-refractivity contribution < 1.29 is 19.4 Å². The first-order valence-corrected chi connectivity index (χ1v) is 6.60. The Morgan fingerprint density at radius 3 is 2.43 bits per heavy atom. The zero-order chi connectivity index (χ0) is 15.4. The molecule has 21 heavy (non-hydrogen) atoms. The number of benzene rings is 2. The van der Waals surface area contributed by atoms with Gasteiger partial charge in [-0.3, -0.25) is 4.79 Å². The van der Waals surface area contributed by atoms with Crippen molar-refractivity contribution in [1.29, 1.82) is 0 Å². The predicted octanol–water partition coefficient (Wildman–Crippen LogP) is 3.34. The molecule has 0 atom stereocenters. The molecule has 0 radical (unpaired) electrons. The maximum Gasteiger partial charge on any atom is 0.341 e. The summed E-state index contributed by atoms with van der Waals surface area (Å²) in [7, 11) is 0. The van der Waals surface area contributed by atoms with Crippen molar-refractivity contribution in [3.63, 3.8) is 0 Å². The number of hydrogen-bond acceptors (Lipinski definition) is 3. The Labute approximate surface area is 126 Å². The summed E-state index contributed by atoms with van der Waals surface area (Å²) in [6.07, 6.45) is 0. The number of ketones is 1. The summed E-state index contributed by atoms with van der Waals surface area (Å²) in [4.78, 5) is 23.1. The quantitative estimate of drug-likeness (QED) is 0.860. The largest absolute Gasteiger partial charge is 0.481 e. The second kappa shape index (κ2) is 6.41. The van der Waals surface area contributed by atoms with E-state index in [1.165, 1.54) is 12.1 Å². The second-order valence-electron chi connectivity index (χ2n) is 4.52. The lowest BCUT2D eigenvalue weighted by Crippen LogP contribution is -2.12. The SMILES string of the molecule is Cc1ccc(C(=O)c2cc(Cl)ccc2OCC(=O)O)cc1. The monoisotopic (exact) mass is 304 g/mol. The molecule has 2 aromatic carbocycles. The van der Waals surface area contributed by atoms with Crippen molar-refractivity contribution in [2.75, 3.05) is 6.61 Å². The lowest BCUT2D eigenvalue weighted by molar-refractivity contribution is -0.139. The van der Waals surface area contributed by atoms with Crippen LogP contribution in [0.1, 0.15) is 21.5 Å². The van der Waals surface area contributed by atoms with Crippen LogP contribution in [0.4, 0.5) is 0 Å². The van der Waals surface area contributed by atoms with Crippen LogP contribution in [0.3, 0.4) is 0 Å². The first kappa shape index (κ1) is 15.1. The summed E-state index contributed by atoms with van der Waals surface area (Å²) in [5.41, 5.74) is 1.77. The summed E-state index contributed by atoms with van der Waals surface area (Å²) in [6.45, 7) is 1.41. The molecule has 0 saturated heterocycles. The third kappa shape index (κ3) is 3.83. The van der Waals surface area contributed by atoms with Crippen molar-refractivity contribution in [1.82, 2.24) is 0 Å². The van der Waals surface area contributed by atoms with Gasteiger partial charge in [-0.05, 0) is 25.1 Å². The maximum atomic E-state index is 12.5. The van der Waals surface area contributed by atoms with E-state index in [0.29, 0.717) is 10.6 Å². The molecule has 0 saturated carbocycles. The number of rotatable bonds is 5. The molecule has 0 fully saturated rings. The average Bonchev–Trinajstić information content (AvgIpc) is 2.46. The molecule has 4 nitrogen and oxygen atoms in total. The molecule has 2 rings (SSSR count). The fourth-order valence-corrected chi connectivity index (χ4v) is 1.98. The minimum absolute atomic E-state index is 0.201. The van der Waals surface area contributed by atoms with E-state index < -0.39 is 12.6 Å². The Balaban J connectivity index is 2.36. The molecule has 0 spiro atoms. The number of aliphatic carboxylic acids is 1. The number of carboxylic acid groups (broad SMARTS) is 1. The fourth-order valence-electron chi connectivity index (χ4n) is 1.81. The van der Waals surface area contributed by atoms with Gasteiger partial charge in [0.15, 0.2) is 12.4 Å². The molecule has 108 valence electrons. The number of carboxylic acids is 1. The zero-order valence-electron chi connectivity index (χ0n) is 11.3. The third-order valence-corrected chi connectivity index (χ3v) is 3.09. The molecule has 0 aliphatic carbocycles. The molecule has 0 amide bonds. The van der Waals surface area contributed by atoms with E-state index in [9.17, 15) is 9.59 Å². The van der Waals surface area contributed by atoms with Gasteiger partial charge < -0.3 is 9.84 Å². The van der Waals surface area contributed by atoms with Gasteiger partial charge >= 0.3 is 5.97 Å². The first-order chi connectivity index (χ1) is 9.97. The summed E-state index contributed by atoms with van der Waals surface area (Å²) in [6, 6.07) is 11.6. The Kier molecular flexibility index (Phi) is 4.60. The first-order valence-electron chi connectivity index (χ1n) is 6.23. The highest BCUT2D eigenvalue weighted by Crippen LogP contribution is 2.25. The molecule has 0 aliphatic rings. The Morgan fingerprint density at radius 2 is 1.81 bits per heavy atom. The van der Waals surface area contributed by atoms with E-state index in [2.05, 4.69) is 0 Å². The van der Waals surface area contributed by atoms with Crippen LogP contribution >= 0.6 is 11.6 Å². The molecule has 0 unspecified atom stereocenters. The van der Waals surface area contributed by atoms with Gasteiger partial charge in [0.1, 0.15) is 5.75 Å². The highest BCUT2D eigenvalue weighted by atomic mass is 35.5. The van der Waals surface area contributed by atoms with Gasteiger partial charge in [0.2, 0.25) is 0 Å². The Morgan fingerprint density at radius 1 is 1.14 bits per heavy atom. The number of carbonyl (C=O) groups is 2. The van der Waals surface area contributed by atoms with E-state index >= 15 is 0 Å². The third-order valence-electron chi connectivity index (χ3n) is 2.85. The lowest BCUT2D eigenvalue weighted by Gasteiger charge is -2.10. The van der Waals surface area contributed by atoms with Crippen LogP contribution in [-0.4, -0.2) is 23.5 Å². The Bertz CT molecular complexity index is 677. The minimum Gasteiger partial charge on any atom is -0.481 e. The summed E-state index contributed by atoms with van der Waals surface area (Å²) in [5.74, 6) is -1.18. The molecule has 5 heteroatoms.